The Kier molecular flexibility index (Phi) is 4.37. The van der Waals surface area contributed by atoms with E-state index in [1.54, 1.807) is 0 Å². The predicted octanol–water partition coefficient (Wildman–Crippen LogP) is 3.78. The van der Waals surface area contributed by atoms with Crippen molar-refractivity contribution in [2.24, 2.45) is 5.92 Å². The van der Waals surface area contributed by atoms with Gasteiger partial charge in [-0.3, -0.25) is 4.79 Å². The van der Waals surface area contributed by atoms with E-state index in [1.807, 2.05) is 24.3 Å². The molecular formula is C21H21NO4. The minimum Gasteiger partial charge on any atom is -0.481 e. The molecule has 0 heterocycles. The molecule has 0 spiro atoms. The zero-order valence-corrected chi connectivity index (χ0v) is 14.4. The Morgan fingerprint density at radius 1 is 1.00 bits per heavy atom. The summed E-state index contributed by atoms with van der Waals surface area (Å²) in [6.45, 7) is 0.240. The lowest BCUT2D eigenvalue weighted by molar-refractivity contribution is -0.142. The number of rotatable bonds is 4. The van der Waals surface area contributed by atoms with Gasteiger partial charge >= 0.3 is 12.1 Å². The number of carbonyl (C=O) groups excluding carboxylic acids is 1. The summed E-state index contributed by atoms with van der Waals surface area (Å²) < 4.78 is 5.49. The average molecular weight is 351 g/mol. The Labute approximate surface area is 152 Å². The second-order valence-electron chi connectivity index (χ2n) is 6.95. The van der Waals surface area contributed by atoms with Crippen LogP contribution in [0.15, 0.2) is 48.5 Å². The Morgan fingerprint density at radius 3 is 2.23 bits per heavy atom. The summed E-state index contributed by atoms with van der Waals surface area (Å²) in [5.74, 6) is -1.37. The molecule has 2 aliphatic carbocycles. The third-order valence-corrected chi connectivity index (χ3v) is 5.48. The summed E-state index contributed by atoms with van der Waals surface area (Å²) in [6.07, 6.45) is 1.56. The minimum absolute atomic E-state index is 0.00648. The van der Waals surface area contributed by atoms with Gasteiger partial charge in [-0.1, -0.05) is 55.0 Å². The molecule has 134 valence electrons. The van der Waals surface area contributed by atoms with Gasteiger partial charge in [0, 0.05) is 12.0 Å². The number of alkyl carbamates (subject to hydrolysis) is 1. The molecule has 5 nitrogen and oxygen atoms in total. The van der Waals surface area contributed by atoms with Crippen LogP contribution in [0.25, 0.3) is 11.1 Å². The zero-order chi connectivity index (χ0) is 18.1. The fourth-order valence-corrected chi connectivity index (χ4v) is 4.22. The molecule has 4 rings (SSSR count). The van der Waals surface area contributed by atoms with E-state index in [2.05, 4.69) is 29.6 Å². The smallest absolute Gasteiger partial charge is 0.407 e. The highest BCUT2D eigenvalue weighted by Crippen LogP contribution is 2.44. The van der Waals surface area contributed by atoms with Gasteiger partial charge in [0.1, 0.15) is 6.61 Å². The molecule has 0 radical (unpaired) electrons. The number of carboxylic acid groups (broad SMARTS) is 1. The van der Waals surface area contributed by atoms with Crippen molar-refractivity contribution >= 4 is 12.1 Å². The number of hydrogen-bond donors (Lipinski definition) is 2. The molecule has 1 fully saturated rings. The molecule has 0 saturated heterocycles. The van der Waals surface area contributed by atoms with Crippen LogP contribution in [0.2, 0.25) is 0 Å². The van der Waals surface area contributed by atoms with Gasteiger partial charge < -0.3 is 15.2 Å². The Hall–Kier alpha value is -2.82. The molecule has 2 aromatic carbocycles. The number of aliphatic carboxylic acids is 1. The summed E-state index contributed by atoms with van der Waals surface area (Å²) in [7, 11) is 0. The number of ether oxygens (including phenoxy) is 1. The van der Waals surface area contributed by atoms with Crippen molar-refractivity contribution in [1.82, 2.24) is 5.32 Å². The number of amides is 1. The van der Waals surface area contributed by atoms with Gasteiger partial charge in [0.25, 0.3) is 0 Å². The molecule has 1 amide bonds. The van der Waals surface area contributed by atoms with Gasteiger partial charge in [0.15, 0.2) is 0 Å². The van der Waals surface area contributed by atoms with Gasteiger partial charge in [0.05, 0.1) is 5.92 Å². The lowest BCUT2D eigenvalue weighted by Gasteiger charge is -2.19. The van der Waals surface area contributed by atoms with E-state index in [1.165, 1.54) is 11.1 Å². The number of carbonyl (C=O) groups is 2. The topological polar surface area (TPSA) is 75.6 Å². The van der Waals surface area contributed by atoms with Crippen molar-refractivity contribution in [2.75, 3.05) is 6.61 Å². The lowest BCUT2D eigenvalue weighted by Crippen LogP contribution is -2.40. The van der Waals surface area contributed by atoms with Crippen LogP contribution in [0, 0.1) is 5.92 Å². The van der Waals surface area contributed by atoms with E-state index in [9.17, 15) is 14.7 Å². The lowest BCUT2D eigenvalue weighted by atomic mass is 9.98. The van der Waals surface area contributed by atoms with Crippen LogP contribution in [0.3, 0.4) is 0 Å². The summed E-state index contributed by atoms with van der Waals surface area (Å²) in [5, 5.41) is 12.0. The molecule has 5 heteroatoms. The summed E-state index contributed by atoms with van der Waals surface area (Å²) in [6, 6.07) is 16.0. The van der Waals surface area contributed by atoms with Crippen molar-refractivity contribution in [1.29, 1.82) is 0 Å². The highest BCUT2D eigenvalue weighted by molar-refractivity contribution is 5.79. The zero-order valence-electron chi connectivity index (χ0n) is 14.4. The van der Waals surface area contributed by atoms with Crippen molar-refractivity contribution < 1.29 is 19.4 Å². The molecular weight excluding hydrogens is 330 g/mol. The summed E-state index contributed by atoms with van der Waals surface area (Å²) in [5.41, 5.74) is 4.68. The first-order valence-corrected chi connectivity index (χ1v) is 8.99. The SMILES string of the molecule is O=C(N[C@H]1CCC[C@H]1C(=O)O)OCC1c2ccccc2-c2ccccc21. The molecule has 0 bridgehead atoms. The standard InChI is InChI=1S/C21H21NO4/c23-20(24)17-10-5-11-19(17)22-21(25)26-12-18-15-8-3-1-6-13(15)14-7-2-4-9-16(14)18/h1-4,6-9,17-19H,5,10-12H2,(H,22,25)(H,23,24)/t17-,19+/m1/s1. The van der Waals surface area contributed by atoms with Crippen molar-refractivity contribution in [3.8, 4) is 11.1 Å². The van der Waals surface area contributed by atoms with E-state index in [0.717, 1.165) is 17.5 Å². The van der Waals surface area contributed by atoms with Crippen LogP contribution < -0.4 is 5.32 Å². The highest BCUT2D eigenvalue weighted by Gasteiger charge is 2.35. The average Bonchev–Trinajstić information content (AvgIpc) is 3.23. The summed E-state index contributed by atoms with van der Waals surface area (Å²) in [4.78, 5) is 23.5. The first-order valence-electron chi connectivity index (χ1n) is 8.99. The van der Waals surface area contributed by atoms with Gasteiger partial charge in [-0.05, 0) is 35.1 Å². The molecule has 0 aromatic heterocycles. The van der Waals surface area contributed by atoms with Gasteiger partial charge in [-0.15, -0.1) is 0 Å². The van der Waals surface area contributed by atoms with Crippen LogP contribution in [-0.2, 0) is 9.53 Å². The Morgan fingerprint density at radius 2 is 1.62 bits per heavy atom. The number of benzene rings is 2. The number of nitrogens with one attached hydrogen (secondary N) is 1. The Balaban J connectivity index is 1.45. The van der Waals surface area contributed by atoms with Crippen LogP contribution in [-0.4, -0.2) is 29.8 Å². The fourth-order valence-electron chi connectivity index (χ4n) is 4.22. The highest BCUT2D eigenvalue weighted by atomic mass is 16.5. The van der Waals surface area contributed by atoms with E-state index in [0.29, 0.717) is 12.8 Å². The molecule has 2 N–H and O–H groups in total. The number of hydrogen-bond acceptors (Lipinski definition) is 3. The summed E-state index contributed by atoms with van der Waals surface area (Å²) >= 11 is 0. The maximum absolute atomic E-state index is 12.2. The van der Waals surface area contributed by atoms with E-state index in [-0.39, 0.29) is 18.6 Å². The van der Waals surface area contributed by atoms with E-state index >= 15 is 0 Å². The maximum atomic E-state index is 12.2. The van der Waals surface area contributed by atoms with Crippen molar-refractivity contribution in [2.45, 2.75) is 31.2 Å². The first kappa shape index (κ1) is 16.6. The molecule has 26 heavy (non-hydrogen) atoms. The second-order valence-corrected chi connectivity index (χ2v) is 6.95. The normalized spacial score (nSPS) is 21.1. The van der Waals surface area contributed by atoms with Crippen LogP contribution in [0.4, 0.5) is 4.79 Å². The predicted molar refractivity (Wildman–Crippen MR) is 97.0 cm³/mol. The second kappa shape index (κ2) is 6.83. The van der Waals surface area contributed by atoms with E-state index < -0.39 is 18.0 Å². The molecule has 2 aromatic rings. The van der Waals surface area contributed by atoms with Crippen LogP contribution >= 0.6 is 0 Å². The monoisotopic (exact) mass is 351 g/mol. The van der Waals surface area contributed by atoms with Crippen LogP contribution in [0.5, 0.6) is 0 Å². The number of fused-ring (bicyclic) bond motifs is 3. The van der Waals surface area contributed by atoms with Crippen LogP contribution in [0.1, 0.15) is 36.3 Å². The van der Waals surface area contributed by atoms with Crippen molar-refractivity contribution in [3.05, 3.63) is 59.7 Å². The Bertz CT molecular complexity index is 802. The largest absolute Gasteiger partial charge is 0.481 e. The third-order valence-electron chi connectivity index (χ3n) is 5.48. The van der Waals surface area contributed by atoms with Gasteiger partial charge in [-0.2, -0.15) is 0 Å². The molecule has 1 saturated carbocycles. The fraction of sp³-hybridized carbons (Fsp3) is 0.333. The van der Waals surface area contributed by atoms with Crippen molar-refractivity contribution in [3.63, 3.8) is 0 Å². The van der Waals surface area contributed by atoms with Gasteiger partial charge in [0.2, 0.25) is 0 Å². The maximum Gasteiger partial charge on any atom is 0.407 e. The van der Waals surface area contributed by atoms with Gasteiger partial charge in [-0.25, -0.2) is 4.79 Å². The third kappa shape index (κ3) is 2.94. The molecule has 0 unspecified atom stereocenters. The molecule has 2 atom stereocenters. The minimum atomic E-state index is -0.855. The number of carboxylic acids is 1. The first-order chi connectivity index (χ1) is 12.6. The van der Waals surface area contributed by atoms with E-state index in [4.69, 9.17) is 4.74 Å². The quantitative estimate of drug-likeness (QED) is 0.879. The molecule has 0 aliphatic heterocycles. The molecule has 2 aliphatic rings.